The molecule has 0 radical (unpaired) electrons. The maximum absolute atomic E-state index is 10.1. The van der Waals surface area contributed by atoms with Crippen molar-refractivity contribution in [3.8, 4) is 5.75 Å². The number of hydrogen-bond donors (Lipinski definition) is 2. The second kappa shape index (κ2) is 6.03. The summed E-state index contributed by atoms with van der Waals surface area (Å²) >= 11 is 0. The van der Waals surface area contributed by atoms with E-state index in [1.807, 2.05) is 24.3 Å². The summed E-state index contributed by atoms with van der Waals surface area (Å²) < 4.78 is 5.14. The van der Waals surface area contributed by atoms with Crippen molar-refractivity contribution in [2.75, 3.05) is 13.7 Å². The Morgan fingerprint density at radius 3 is 2.71 bits per heavy atom. The fourth-order valence-corrected chi connectivity index (χ4v) is 1.46. The molecule has 3 nitrogen and oxygen atoms in total. The minimum absolute atomic E-state index is 0.0554. The molecule has 0 aromatic heterocycles. The van der Waals surface area contributed by atoms with Crippen LogP contribution in [0.15, 0.2) is 24.3 Å². The molecule has 0 spiro atoms. The van der Waals surface area contributed by atoms with E-state index in [-0.39, 0.29) is 5.54 Å². The monoisotopic (exact) mass is 237 g/mol. The lowest BCUT2D eigenvalue weighted by Gasteiger charge is -2.26. The molecule has 0 saturated carbocycles. The Bertz CT molecular complexity index is 350. The minimum atomic E-state index is -0.504. The zero-order valence-electron chi connectivity index (χ0n) is 11.2. The molecule has 0 amide bonds. The number of ether oxygens (including phenoxy) is 1. The average Bonchev–Trinajstić information content (AvgIpc) is 2.36. The summed E-state index contributed by atoms with van der Waals surface area (Å²) in [7, 11) is 1.63. The van der Waals surface area contributed by atoms with Crippen LogP contribution in [0.2, 0.25) is 0 Å². The first-order valence-corrected chi connectivity index (χ1v) is 6.05. The summed E-state index contributed by atoms with van der Waals surface area (Å²) in [6.07, 6.45) is 0.522. The van der Waals surface area contributed by atoms with Gasteiger partial charge in [-0.25, -0.2) is 0 Å². The van der Waals surface area contributed by atoms with E-state index < -0.39 is 6.10 Å². The van der Waals surface area contributed by atoms with Crippen LogP contribution in [0, 0.1) is 0 Å². The zero-order chi connectivity index (χ0) is 12.9. The zero-order valence-corrected chi connectivity index (χ0v) is 11.2. The van der Waals surface area contributed by atoms with Crippen LogP contribution >= 0.6 is 0 Å². The van der Waals surface area contributed by atoms with E-state index in [0.29, 0.717) is 6.54 Å². The highest BCUT2D eigenvalue weighted by atomic mass is 16.5. The van der Waals surface area contributed by atoms with E-state index in [1.165, 1.54) is 0 Å². The van der Waals surface area contributed by atoms with Crippen molar-refractivity contribution in [3.05, 3.63) is 29.8 Å². The van der Waals surface area contributed by atoms with Gasteiger partial charge in [0.05, 0.1) is 13.2 Å². The molecule has 2 N–H and O–H groups in total. The molecule has 0 bridgehead atoms. The maximum atomic E-state index is 10.1. The first-order chi connectivity index (χ1) is 7.98. The summed E-state index contributed by atoms with van der Waals surface area (Å²) in [5, 5.41) is 13.4. The number of methoxy groups -OCH3 is 1. The molecule has 3 heteroatoms. The highest BCUT2D eigenvalue weighted by molar-refractivity contribution is 5.29. The summed E-state index contributed by atoms with van der Waals surface area (Å²) in [4.78, 5) is 0. The van der Waals surface area contributed by atoms with Crippen molar-refractivity contribution < 1.29 is 9.84 Å². The summed E-state index contributed by atoms with van der Waals surface area (Å²) in [5.74, 6) is 0.774. The fraction of sp³-hybridized carbons (Fsp3) is 0.571. The highest BCUT2D eigenvalue weighted by Crippen LogP contribution is 2.19. The first kappa shape index (κ1) is 14.0. The number of rotatable bonds is 6. The third-order valence-corrected chi connectivity index (χ3v) is 3.14. The summed E-state index contributed by atoms with van der Waals surface area (Å²) in [6, 6.07) is 7.54. The van der Waals surface area contributed by atoms with E-state index in [2.05, 4.69) is 26.1 Å². The molecule has 0 aliphatic rings. The molecule has 1 rings (SSSR count). The second-order valence-electron chi connectivity index (χ2n) is 4.91. The molecule has 96 valence electrons. The highest BCUT2D eigenvalue weighted by Gasteiger charge is 2.16. The minimum Gasteiger partial charge on any atom is -0.497 e. The number of aliphatic hydroxyl groups excluding tert-OH is 1. The molecule has 1 atom stereocenters. The Labute approximate surface area is 104 Å². The molecule has 1 unspecified atom stereocenters. The van der Waals surface area contributed by atoms with Gasteiger partial charge in [-0.3, -0.25) is 0 Å². The van der Waals surface area contributed by atoms with Crippen LogP contribution in [-0.2, 0) is 0 Å². The Kier molecular flexibility index (Phi) is 4.97. The topological polar surface area (TPSA) is 41.5 Å². The lowest BCUT2D eigenvalue weighted by Crippen LogP contribution is -2.40. The molecule has 0 aliphatic carbocycles. The van der Waals surface area contributed by atoms with Crippen molar-refractivity contribution >= 4 is 0 Å². The van der Waals surface area contributed by atoms with E-state index >= 15 is 0 Å². The van der Waals surface area contributed by atoms with Crippen molar-refractivity contribution in [2.45, 2.75) is 38.8 Å². The van der Waals surface area contributed by atoms with Crippen LogP contribution in [0.25, 0.3) is 0 Å². The number of benzene rings is 1. The predicted molar refractivity (Wildman–Crippen MR) is 70.3 cm³/mol. The number of hydrogen-bond acceptors (Lipinski definition) is 3. The van der Waals surface area contributed by atoms with Crippen LogP contribution in [0.5, 0.6) is 5.75 Å². The van der Waals surface area contributed by atoms with Gasteiger partial charge in [0.2, 0.25) is 0 Å². The maximum Gasteiger partial charge on any atom is 0.119 e. The number of β-amino-alcohol motifs (C(OH)–C–C–N with tert-alkyl or cyclic N) is 1. The van der Waals surface area contributed by atoms with Gasteiger partial charge in [-0.2, -0.15) is 0 Å². The quantitative estimate of drug-likeness (QED) is 0.798. The smallest absolute Gasteiger partial charge is 0.119 e. The molecule has 1 aromatic carbocycles. The lowest BCUT2D eigenvalue weighted by atomic mass is 10.0. The average molecular weight is 237 g/mol. The van der Waals surface area contributed by atoms with Crippen LogP contribution in [0.4, 0.5) is 0 Å². The van der Waals surface area contributed by atoms with Gasteiger partial charge < -0.3 is 15.2 Å². The van der Waals surface area contributed by atoms with Gasteiger partial charge in [-0.05, 0) is 38.0 Å². The molecule has 0 heterocycles. The molecule has 0 saturated heterocycles. The van der Waals surface area contributed by atoms with Crippen molar-refractivity contribution in [2.24, 2.45) is 0 Å². The summed E-state index contributed by atoms with van der Waals surface area (Å²) in [6.45, 7) is 6.94. The molecule has 0 fully saturated rings. The van der Waals surface area contributed by atoms with E-state index in [1.54, 1.807) is 7.11 Å². The van der Waals surface area contributed by atoms with E-state index in [9.17, 15) is 5.11 Å². The second-order valence-corrected chi connectivity index (χ2v) is 4.91. The number of aliphatic hydroxyl groups is 1. The van der Waals surface area contributed by atoms with Gasteiger partial charge in [0.15, 0.2) is 0 Å². The standard InChI is InChI=1S/C14H23NO2/c1-5-14(2,3)15-10-13(16)11-7-6-8-12(9-11)17-4/h6-9,13,15-16H,5,10H2,1-4H3. The Morgan fingerprint density at radius 2 is 2.12 bits per heavy atom. The van der Waals surface area contributed by atoms with Gasteiger partial charge >= 0.3 is 0 Å². The largest absolute Gasteiger partial charge is 0.497 e. The Balaban J connectivity index is 2.60. The van der Waals surface area contributed by atoms with Gasteiger partial charge in [-0.1, -0.05) is 19.1 Å². The van der Waals surface area contributed by atoms with Gasteiger partial charge in [-0.15, -0.1) is 0 Å². The fourth-order valence-electron chi connectivity index (χ4n) is 1.46. The number of nitrogens with one attached hydrogen (secondary N) is 1. The van der Waals surface area contributed by atoms with E-state index in [0.717, 1.165) is 17.7 Å². The van der Waals surface area contributed by atoms with E-state index in [4.69, 9.17) is 4.74 Å². The predicted octanol–water partition coefficient (Wildman–Crippen LogP) is 2.51. The Hall–Kier alpha value is -1.06. The Morgan fingerprint density at radius 1 is 1.41 bits per heavy atom. The van der Waals surface area contributed by atoms with Gasteiger partial charge in [0.1, 0.15) is 5.75 Å². The molecule has 17 heavy (non-hydrogen) atoms. The summed E-state index contributed by atoms with van der Waals surface area (Å²) in [5.41, 5.74) is 0.934. The third kappa shape index (κ3) is 4.36. The molecule has 1 aromatic rings. The lowest BCUT2D eigenvalue weighted by molar-refractivity contribution is 0.160. The van der Waals surface area contributed by atoms with Gasteiger partial charge in [0.25, 0.3) is 0 Å². The van der Waals surface area contributed by atoms with Crippen molar-refractivity contribution in [1.29, 1.82) is 0 Å². The van der Waals surface area contributed by atoms with Crippen LogP contribution in [0.1, 0.15) is 38.9 Å². The molecular weight excluding hydrogens is 214 g/mol. The SMILES string of the molecule is CCC(C)(C)NCC(O)c1cccc(OC)c1. The van der Waals surface area contributed by atoms with Crippen molar-refractivity contribution in [3.63, 3.8) is 0 Å². The first-order valence-electron chi connectivity index (χ1n) is 6.05. The van der Waals surface area contributed by atoms with Crippen LogP contribution < -0.4 is 10.1 Å². The van der Waals surface area contributed by atoms with Gasteiger partial charge in [0, 0.05) is 12.1 Å². The van der Waals surface area contributed by atoms with Crippen LogP contribution in [0.3, 0.4) is 0 Å². The molecular formula is C14H23NO2. The molecule has 0 aliphatic heterocycles. The van der Waals surface area contributed by atoms with Crippen molar-refractivity contribution in [1.82, 2.24) is 5.32 Å². The van der Waals surface area contributed by atoms with Crippen LogP contribution in [-0.4, -0.2) is 24.3 Å². The third-order valence-electron chi connectivity index (χ3n) is 3.14. The normalized spacial score (nSPS) is 13.5.